The first-order chi connectivity index (χ1) is 10.8. The van der Waals surface area contributed by atoms with Crippen molar-refractivity contribution in [1.82, 2.24) is 10.6 Å². The van der Waals surface area contributed by atoms with E-state index in [0.29, 0.717) is 12.8 Å². The minimum atomic E-state index is -4.42. The average molecular weight is 328 g/mol. The summed E-state index contributed by atoms with van der Waals surface area (Å²) in [4.78, 5) is 23.2. The molecule has 2 unspecified atom stereocenters. The van der Waals surface area contributed by atoms with E-state index in [1.54, 1.807) is 6.92 Å². The molecule has 1 aromatic rings. The molecular formula is C16H19F3N2O2. The molecule has 2 atom stereocenters. The first-order valence-corrected chi connectivity index (χ1v) is 7.51. The van der Waals surface area contributed by atoms with Crippen LogP contribution < -0.4 is 10.6 Å². The van der Waals surface area contributed by atoms with E-state index in [-0.39, 0.29) is 42.3 Å². The highest BCUT2D eigenvalue weighted by atomic mass is 19.4. The maximum Gasteiger partial charge on any atom is 0.416 e. The maximum atomic E-state index is 12.9. The van der Waals surface area contributed by atoms with Gasteiger partial charge in [0.2, 0.25) is 11.8 Å². The number of carbonyl (C=O) groups excluding carboxylic acids is 2. The fourth-order valence-corrected chi connectivity index (χ4v) is 2.70. The smallest absolute Gasteiger partial charge is 0.352 e. The summed E-state index contributed by atoms with van der Waals surface area (Å²) < 4.78 is 38.7. The fourth-order valence-electron chi connectivity index (χ4n) is 2.70. The van der Waals surface area contributed by atoms with Crippen molar-refractivity contribution < 1.29 is 22.8 Å². The second-order valence-corrected chi connectivity index (χ2v) is 5.72. The molecule has 2 amide bonds. The largest absolute Gasteiger partial charge is 0.416 e. The molecule has 0 saturated carbocycles. The number of nitrogens with one attached hydrogen (secondary N) is 2. The Kier molecular flexibility index (Phi) is 5.28. The summed E-state index contributed by atoms with van der Waals surface area (Å²) in [5.74, 6) is -0.364. The average Bonchev–Trinajstić information content (AvgIpc) is 2.47. The van der Waals surface area contributed by atoms with Crippen LogP contribution in [0.15, 0.2) is 24.3 Å². The van der Waals surface area contributed by atoms with Crippen molar-refractivity contribution in [3.05, 3.63) is 35.4 Å². The predicted octanol–water partition coefficient (Wildman–Crippen LogP) is 2.42. The van der Waals surface area contributed by atoms with Crippen LogP contribution in [-0.4, -0.2) is 23.9 Å². The van der Waals surface area contributed by atoms with E-state index < -0.39 is 11.7 Å². The van der Waals surface area contributed by atoms with Crippen molar-refractivity contribution in [3.63, 3.8) is 0 Å². The lowest BCUT2D eigenvalue weighted by molar-refractivity contribution is -0.138. The number of hydrogen-bond acceptors (Lipinski definition) is 2. The number of piperidine rings is 1. The molecule has 0 aliphatic carbocycles. The first kappa shape index (κ1) is 17.3. The molecule has 0 bridgehead atoms. The Labute approximate surface area is 132 Å². The summed E-state index contributed by atoms with van der Waals surface area (Å²) in [7, 11) is 0. The zero-order chi connectivity index (χ0) is 17.0. The lowest BCUT2D eigenvalue weighted by Crippen LogP contribution is -2.54. The summed E-state index contributed by atoms with van der Waals surface area (Å²) in [6.07, 6.45) is -3.54. The van der Waals surface area contributed by atoms with Gasteiger partial charge in [0.25, 0.3) is 0 Å². The lowest BCUT2D eigenvalue weighted by atomic mass is 9.98. The third-order valence-electron chi connectivity index (χ3n) is 3.97. The quantitative estimate of drug-likeness (QED) is 0.892. The molecule has 1 aliphatic heterocycles. The highest BCUT2D eigenvalue weighted by Crippen LogP contribution is 2.32. The number of halogens is 3. The van der Waals surface area contributed by atoms with E-state index in [1.807, 2.05) is 0 Å². The molecule has 1 aliphatic rings. The van der Waals surface area contributed by atoms with Gasteiger partial charge in [0.15, 0.2) is 0 Å². The molecule has 1 saturated heterocycles. The van der Waals surface area contributed by atoms with Crippen molar-refractivity contribution >= 4 is 11.8 Å². The molecule has 1 heterocycles. The lowest BCUT2D eigenvalue weighted by Gasteiger charge is -2.30. The normalized spacial score (nSPS) is 21.7. The van der Waals surface area contributed by atoms with E-state index in [1.165, 1.54) is 18.2 Å². The molecule has 1 fully saturated rings. The summed E-state index contributed by atoms with van der Waals surface area (Å²) >= 11 is 0. The fraction of sp³-hybridized carbons (Fsp3) is 0.500. The Morgan fingerprint density at radius 1 is 1.35 bits per heavy atom. The van der Waals surface area contributed by atoms with Crippen LogP contribution >= 0.6 is 0 Å². The second kappa shape index (κ2) is 7.02. The number of hydrogen-bond donors (Lipinski definition) is 2. The van der Waals surface area contributed by atoms with Gasteiger partial charge in [-0.1, -0.05) is 18.2 Å². The molecule has 0 spiro atoms. The van der Waals surface area contributed by atoms with Crippen LogP contribution in [0.5, 0.6) is 0 Å². The van der Waals surface area contributed by atoms with Crippen molar-refractivity contribution in [3.8, 4) is 0 Å². The third-order valence-corrected chi connectivity index (χ3v) is 3.97. The summed E-state index contributed by atoms with van der Waals surface area (Å²) in [6.45, 7) is 1.79. The first-order valence-electron chi connectivity index (χ1n) is 7.51. The minimum absolute atomic E-state index is 0.0228. The monoisotopic (exact) mass is 328 g/mol. The zero-order valence-corrected chi connectivity index (χ0v) is 12.7. The maximum absolute atomic E-state index is 12.9. The molecule has 0 aromatic heterocycles. The van der Waals surface area contributed by atoms with Crippen molar-refractivity contribution in [2.24, 2.45) is 0 Å². The molecule has 1 aromatic carbocycles. The molecule has 2 N–H and O–H groups in total. The van der Waals surface area contributed by atoms with Crippen LogP contribution in [0.25, 0.3) is 0 Å². The van der Waals surface area contributed by atoms with Crippen LogP contribution in [0.2, 0.25) is 0 Å². The van der Waals surface area contributed by atoms with Crippen LogP contribution in [0.1, 0.15) is 37.3 Å². The van der Waals surface area contributed by atoms with Gasteiger partial charge >= 0.3 is 6.18 Å². The molecule has 23 heavy (non-hydrogen) atoms. The van der Waals surface area contributed by atoms with Gasteiger partial charge in [0, 0.05) is 24.9 Å². The van der Waals surface area contributed by atoms with Crippen LogP contribution in [0.4, 0.5) is 13.2 Å². The molecule has 7 heteroatoms. The predicted molar refractivity (Wildman–Crippen MR) is 78.5 cm³/mol. The Morgan fingerprint density at radius 3 is 2.70 bits per heavy atom. The van der Waals surface area contributed by atoms with Crippen molar-refractivity contribution in [2.75, 3.05) is 0 Å². The van der Waals surface area contributed by atoms with Gasteiger partial charge in [-0.3, -0.25) is 9.59 Å². The minimum Gasteiger partial charge on any atom is -0.352 e. The SMILES string of the molecule is CC1NC(=O)CCC1NC(=O)CCc1ccccc1C(F)(F)F. The molecule has 4 nitrogen and oxygen atoms in total. The Morgan fingerprint density at radius 2 is 2.04 bits per heavy atom. The summed E-state index contributed by atoms with van der Waals surface area (Å²) in [5, 5.41) is 5.52. The Hall–Kier alpha value is -2.05. The Bertz CT molecular complexity index is 587. The Balaban J connectivity index is 1.91. The van der Waals surface area contributed by atoms with E-state index in [2.05, 4.69) is 10.6 Å². The number of carbonyl (C=O) groups is 2. The van der Waals surface area contributed by atoms with E-state index in [9.17, 15) is 22.8 Å². The van der Waals surface area contributed by atoms with Crippen LogP contribution in [0.3, 0.4) is 0 Å². The topological polar surface area (TPSA) is 58.2 Å². The van der Waals surface area contributed by atoms with E-state index in [0.717, 1.165) is 6.07 Å². The highest BCUT2D eigenvalue weighted by Gasteiger charge is 2.33. The van der Waals surface area contributed by atoms with Gasteiger partial charge < -0.3 is 10.6 Å². The van der Waals surface area contributed by atoms with Gasteiger partial charge in [-0.05, 0) is 31.4 Å². The van der Waals surface area contributed by atoms with Gasteiger partial charge in [-0.2, -0.15) is 13.2 Å². The second-order valence-electron chi connectivity index (χ2n) is 5.72. The standard InChI is InChI=1S/C16H19F3N2O2/c1-10-13(7-9-14(22)20-10)21-15(23)8-6-11-4-2-3-5-12(11)16(17,18)19/h2-5,10,13H,6-9H2,1H3,(H,20,22)(H,21,23). The summed E-state index contributed by atoms with van der Waals surface area (Å²) in [6, 6.07) is 4.91. The highest BCUT2D eigenvalue weighted by molar-refractivity contribution is 5.79. The molecule has 2 rings (SSSR count). The molecule has 126 valence electrons. The van der Waals surface area contributed by atoms with E-state index >= 15 is 0 Å². The van der Waals surface area contributed by atoms with E-state index in [4.69, 9.17) is 0 Å². The number of aryl methyl sites for hydroxylation is 1. The number of benzene rings is 1. The van der Waals surface area contributed by atoms with Crippen molar-refractivity contribution in [2.45, 2.75) is 50.9 Å². The van der Waals surface area contributed by atoms with Gasteiger partial charge in [-0.15, -0.1) is 0 Å². The molecule has 0 radical (unpaired) electrons. The number of amides is 2. The number of alkyl halides is 3. The molecular weight excluding hydrogens is 309 g/mol. The van der Waals surface area contributed by atoms with Gasteiger partial charge in [0.05, 0.1) is 5.56 Å². The van der Waals surface area contributed by atoms with Crippen LogP contribution in [-0.2, 0) is 22.2 Å². The summed E-state index contributed by atoms with van der Waals surface area (Å²) in [5.41, 5.74) is -0.591. The van der Waals surface area contributed by atoms with Gasteiger partial charge in [0.1, 0.15) is 0 Å². The number of rotatable bonds is 4. The third kappa shape index (κ3) is 4.71. The van der Waals surface area contributed by atoms with Gasteiger partial charge in [-0.25, -0.2) is 0 Å². The van der Waals surface area contributed by atoms with Crippen LogP contribution in [0, 0.1) is 0 Å². The zero-order valence-electron chi connectivity index (χ0n) is 12.7. The van der Waals surface area contributed by atoms with Crippen molar-refractivity contribution in [1.29, 1.82) is 0 Å².